The normalized spacial score (nSPS) is 11.3. The predicted molar refractivity (Wildman–Crippen MR) is 71.5 cm³/mol. The molecule has 1 heterocycles. The number of ether oxygens (including phenoxy) is 1. The Bertz CT molecular complexity index is 434. The molecular weight excluding hydrogens is 275 g/mol. The average molecular weight is 292 g/mol. The van der Waals surface area contributed by atoms with Gasteiger partial charge in [-0.25, -0.2) is 4.98 Å². The SMILES string of the molecule is CCOP(=S)(OCC)Oc1cc(C)nc(OC)n1. The third kappa shape index (κ3) is 4.49. The van der Waals surface area contributed by atoms with Crippen molar-refractivity contribution in [3.05, 3.63) is 11.8 Å². The maximum absolute atomic E-state index is 5.56. The second-order valence-electron chi connectivity index (χ2n) is 3.21. The van der Waals surface area contributed by atoms with Gasteiger partial charge in [0.25, 0.3) is 0 Å². The summed E-state index contributed by atoms with van der Waals surface area (Å²) in [7, 11) is 1.49. The molecule has 0 saturated heterocycles. The van der Waals surface area contributed by atoms with E-state index in [2.05, 4.69) is 9.97 Å². The quantitative estimate of drug-likeness (QED) is 0.715. The lowest BCUT2D eigenvalue weighted by molar-refractivity contribution is 0.215. The minimum Gasteiger partial charge on any atom is -0.467 e. The van der Waals surface area contributed by atoms with Gasteiger partial charge in [0.2, 0.25) is 5.88 Å². The summed E-state index contributed by atoms with van der Waals surface area (Å²) in [5.74, 6) is 0.296. The van der Waals surface area contributed by atoms with E-state index in [9.17, 15) is 0 Å². The summed E-state index contributed by atoms with van der Waals surface area (Å²) in [5.41, 5.74) is 0.714. The molecule has 102 valence electrons. The van der Waals surface area contributed by atoms with Gasteiger partial charge in [-0.3, -0.25) is 9.05 Å². The van der Waals surface area contributed by atoms with E-state index in [4.69, 9.17) is 30.1 Å². The van der Waals surface area contributed by atoms with Crippen LogP contribution in [0.15, 0.2) is 6.07 Å². The zero-order valence-corrected chi connectivity index (χ0v) is 12.6. The summed E-state index contributed by atoms with van der Waals surface area (Å²) in [4.78, 5) is 8.10. The Morgan fingerprint density at radius 2 is 1.83 bits per heavy atom. The van der Waals surface area contributed by atoms with Crippen molar-refractivity contribution in [3.8, 4) is 11.9 Å². The van der Waals surface area contributed by atoms with Crippen LogP contribution in [0.5, 0.6) is 11.9 Å². The summed E-state index contributed by atoms with van der Waals surface area (Å²) in [6, 6.07) is 1.88. The van der Waals surface area contributed by atoms with Crippen LogP contribution >= 0.6 is 6.72 Å². The zero-order valence-electron chi connectivity index (χ0n) is 10.9. The van der Waals surface area contributed by atoms with Crippen molar-refractivity contribution >= 4 is 18.5 Å². The molecule has 0 aromatic carbocycles. The van der Waals surface area contributed by atoms with Gasteiger partial charge in [-0.2, -0.15) is 4.98 Å². The van der Waals surface area contributed by atoms with E-state index in [1.54, 1.807) is 6.07 Å². The number of rotatable bonds is 7. The molecule has 0 radical (unpaired) electrons. The molecule has 0 aliphatic rings. The second kappa shape index (κ2) is 6.99. The number of methoxy groups -OCH3 is 1. The fourth-order valence-corrected chi connectivity index (χ4v) is 3.17. The van der Waals surface area contributed by atoms with Gasteiger partial charge in [-0.1, -0.05) is 0 Å². The van der Waals surface area contributed by atoms with Gasteiger partial charge in [0.15, 0.2) is 0 Å². The summed E-state index contributed by atoms with van der Waals surface area (Å²) >= 11 is 5.25. The number of aromatic nitrogens is 2. The van der Waals surface area contributed by atoms with Gasteiger partial charge in [0.05, 0.1) is 20.3 Å². The van der Waals surface area contributed by atoms with Gasteiger partial charge in [0, 0.05) is 23.6 Å². The second-order valence-corrected chi connectivity index (χ2v) is 6.14. The highest BCUT2D eigenvalue weighted by atomic mass is 32.5. The minimum atomic E-state index is -2.80. The van der Waals surface area contributed by atoms with Crippen LogP contribution < -0.4 is 9.26 Å². The average Bonchev–Trinajstić information content (AvgIpc) is 2.28. The molecule has 0 fully saturated rings. The molecule has 0 saturated carbocycles. The van der Waals surface area contributed by atoms with Crippen LogP contribution in [0, 0.1) is 6.92 Å². The standard InChI is InChI=1S/C10H17N2O4PS/c1-5-14-17(18,15-6-2)16-9-7-8(3)11-10(12-9)13-4/h7H,5-6H2,1-4H3. The highest BCUT2D eigenvalue weighted by molar-refractivity contribution is 8.07. The molecule has 1 aromatic rings. The summed E-state index contributed by atoms with van der Waals surface area (Å²) in [6.07, 6.45) is 0. The molecule has 8 heteroatoms. The molecule has 0 unspecified atom stereocenters. The first-order valence-corrected chi connectivity index (χ1v) is 8.07. The lowest BCUT2D eigenvalue weighted by Crippen LogP contribution is -2.04. The van der Waals surface area contributed by atoms with Crippen molar-refractivity contribution in [2.24, 2.45) is 0 Å². The van der Waals surface area contributed by atoms with Crippen molar-refractivity contribution in [2.75, 3.05) is 20.3 Å². The van der Waals surface area contributed by atoms with Gasteiger partial charge in [0.1, 0.15) is 0 Å². The molecule has 6 nitrogen and oxygen atoms in total. The lowest BCUT2D eigenvalue weighted by Gasteiger charge is -2.20. The first-order valence-electron chi connectivity index (χ1n) is 5.51. The van der Waals surface area contributed by atoms with Gasteiger partial charge in [-0.05, 0) is 20.8 Å². The highest BCUT2D eigenvalue weighted by Gasteiger charge is 2.22. The maximum atomic E-state index is 5.56. The fraction of sp³-hybridized carbons (Fsp3) is 0.600. The highest BCUT2D eigenvalue weighted by Crippen LogP contribution is 2.49. The molecule has 0 amide bonds. The fourth-order valence-electron chi connectivity index (χ4n) is 1.17. The molecule has 1 rings (SSSR count). The third-order valence-corrected chi connectivity index (χ3v) is 4.19. The van der Waals surface area contributed by atoms with E-state index < -0.39 is 6.72 Å². The van der Waals surface area contributed by atoms with E-state index in [0.717, 1.165) is 0 Å². The van der Waals surface area contributed by atoms with Crippen LogP contribution in [0.3, 0.4) is 0 Å². The molecular formula is C10H17N2O4PS. The minimum absolute atomic E-state index is 0.222. The van der Waals surface area contributed by atoms with Gasteiger partial charge in [-0.15, -0.1) is 0 Å². The molecule has 1 aromatic heterocycles. The van der Waals surface area contributed by atoms with Crippen LogP contribution in [-0.2, 0) is 20.9 Å². The Labute approximate surface area is 112 Å². The smallest absolute Gasteiger partial charge is 0.381 e. The molecule has 0 bridgehead atoms. The van der Waals surface area contributed by atoms with Crippen LogP contribution in [0.4, 0.5) is 0 Å². The van der Waals surface area contributed by atoms with Crippen LogP contribution in [0.1, 0.15) is 19.5 Å². The molecule has 18 heavy (non-hydrogen) atoms. The van der Waals surface area contributed by atoms with E-state index in [1.807, 2.05) is 20.8 Å². The van der Waals surface area contributed by atoms with Gasteiger partial charge < -0.3 is 9.26 Å². The summed E-state index contributed by atoms with van der Waals surface area (Å²) in [5, 5.41) is 0. The third-order valence-electron chi connectivity index (χ3n) is 1.77. The number of nitrogens with zero attached hydrogens (tertiary/aromatic N) is 2. The zero-order chi connectivity index (χ0) is 13.6. The molecule has 0 aliphatic heterocycles. The van der Waals surface area contributed by atoms with E-state index >= 15 is 0 Å². The number of hydrogen-bond acceptors (Lipinski definition) is 7. The number of hydrogen-bond donors (Lipinski definition) is 0. The largest absolute Gasteiger partial charge is 0.467 e. The predicted octanol–water partition coefficient (Wildman–Crippen LogP) is 2.47. The maximum Gasteiger partial charge on any atom is 0.381 e. The summed E-state index contributed by atoms with van der Waals surface area (Å²) in [6.45, 7) is 3.49. The Kier molecular flexibility index (Phi) is 5.95. The van der Waals surface area contributed by atoms with Gasteiger partial charge >= 0.3 is 12.7 Å². The lowest BCUT2D eigenvalue weighted by atomic mass is 10.4. The van der Waals surface area contributed by atoms with E-state index in [0.29, 0.717) is 24.8 Å². The monoisotopic (exact) mass is 292 g/mol. The Balaban J connectivity index is 2.93. The van der Waals surface area contributed by atoms with Crippen molar-refractivity contribution in [2.45, 2.75) is 20.8 Å². The summed E-state index contributed by atoms with van der Waals surface area (Å²) < 4.78 is 21.3. The van der Waals surface area contributed by atoms with E-state index in [1.165, 1.54) is 7.11 Å². The van der Waals surface area contributed by atoms with Crippen molar-refractivity contribution in [1.29, 1.82) is 0 Å². The van der Waals surface area contributed by atoms with Crippen LogP contribution in [0.2, 0.25) is 0 Å². The molecule has 0 aliphatic carbocycles. The Hall–Kier alpha value is -0.750. The number of aryl methyl sites for hydroxylation is 1. The molecule has 0 atom stereocenters. The first-order chi connectivity index (χ1) is 8.53. The molecule has 0 N–H and O–H groups in total. The first kappa shape index (κ1) is 15.3. The Morgan fingerprint density at radius 3 is 2.33 bits per heavy atom. The topological polar surface area (TPSA) is 62.7 Å². The van der Waals surface area contributed by atoms with Crippen LogP contribution in [0.25, 0.3) is 0 Å². The Morgan fingerprint density at radius 1 is 1.22 bits per heavy atom. The van der Waals surface area contributed by atoms with Crippen molar-refractivity contribution in [3.63, 3.8) is 0 Å². The molecule has 0 spiro atoms. The van der Waals surface area contributed by atoms with Crippen molar-refractivity contribution < 1.29 is 18.3 Å². The van der Waals surface area contributed by atoms with Crippen LogP contribution in [-0.4, -0.2) is 30.3 Å². The van der Waals surface area contributed by atoms with Crippen molar-refractivity contribution in [1.82, 2.24) is 9.97 Å². The van der Waals surface area contributed by atoms with E-state index in [-0.39, 0.29) is 6.01 Å².